The molecule has 1 unspecified atom stereocenters. The van der Waals surface area contributed by atoms with Gasteiger partial charge in [-0.15, -0.1) is 0 Å². The fraction of sp³-hybridized carbons (Fsp3) is 0.211. The molecule has 1 N–H and O–H groups in total. The third-order valence-corrected chi connectivity index (χ3v) is 3.44. The van der Waals surface area contributed by atoms with Crippen LogP contribution in [0.15, 0.2) is 60.7 Å². The van der Waals surface area contributed by atoms with Crippen molar-refractivity contribution in [3.05, 3.63) is 65.7 Å². The molecule has 0 aliphatic carbocycles. The molecule has 0 saturated heterocycles. The molecule has 1 atom stereocenters. The first-order valence-corrected chi connectivity index (χ1v) is 7.93. The molecule has 0 bridgehead atoms. The molecule has 5 heteroatoms. The van der Waals surface area contributed by atoms with Crippen LogP contribution < -0.4 is 14.8 Å². The Morgan fingerprint density at radius 3 is 2.46 bits per heavy atom. The van der Waals surface area contributed by atoms with Crippen LogP contribution in [0.4, 0.5) is 5.69 Å². The molecular weight excluding hydrogens is 326 g/mol. The summed E-state index contributed by atoms with van der Waals surface area (Å²) in [5.41, 5.74) is 1.48. The topological polar surface area (TPSA) is 47.6 Å². The molecule has 0 spiro atoms. The van der Waals surface area contributed by atoms with E-state index in [1.165, 1.54) is 0 Å². The second kappa shape index (κ2) is 8.41. The summed E-state index contributed by atoms with van der Waals surface area (Å²) in [7, 11) is 0. The summed E-state index contributed by atoms with van der Waals surface area (Å²) in [5, 5.41) is 3.27. The molecule has 0 aliphatic heterocycles. The number of amides is 1. The van der Waals surface area contributed by atoms with Crippen LogP contribution in [0.25, 0.3) is 0 Å². The summed E-state index contributed by atoms with van der Waals surface area (Å²) < 4.78 is 11.3. The van der Waals surface area contributed by atoms with Crippen LogP contribution in [-0.2, 0) is 4.79 Å². The number of carbonyl (C=O) groups is 1. The van der Waals surface area contributed by atoms with E-state index in [-0.39, 0.29) is 5.91 Å². The first-order chi connectivity index (χ1) is 11.5. The number of carbonyl (C=O) groups excluding carboxylic acids is 1. The lowest BCUT2D eigenvalue weighted by Crippen LogP contribution is -2.30. The van der Waals surface area contributed by atoms with Crippen LogP contribution in [0.1, 0.15) is 13.8 Å². The summed E-state index contributed by atoms with van der Waals surface area (Å²) in [4.78, 5) is 12.4. The van der Waals surface area contributed by atoms with Crippen LogP contribution in [0.5, 0.6) is 11.5 Å². The van der Waals surface area contributed by atoms with Gasteiger partial charge in [0.1, 0.15) is 18.1 Å². The maximum Gasteiger partial charge on any atom is 0.265 e. The molecule has 2 aromatic carbocycles. The maximum atomic E-state index is 12.4. The zero-order valence-corrected chi connectivity index (χ0v) is 14.5. The number of ether oxygens (including phenoxy) is 2. The van der Waals surface area contributed by atoms with Gasteiger partial charge in [0.25, 0.3) is 5.91 Å². The quantitative estimate of drug-likeness (QED) is 0.740. The van der Waals surface area contributed by atoms with Crippen molar-refractivity contribution >= 4 is 23.2 Å². The number of hydrogen-bond donors (Lipinski definition) is 1. The maximum absolute atomic E-state index is 12.4. The van der Waals surface area contributed by atoms with Gasteiger partial charge in [-0.05, 0) is 43.7 Å². The highest BCUT2D eigenvalue weighted by Crippen LogP contribution is 2.26. The van der Waals surface area contributed by atoms with Crippen LogP contribution >= 0.6 is 11.6 Å². The van der Waals surface area contributed by atoms with E-state index in [1.54, 1.807) is 43.3 Å². The van der Waals surface area contributed by atoms with Crippen molar-refractivity contribution in [1.82, 2.24) is 0 Å². The normalized spacial score (nSPS) is 11.5. The summed E-state index contributed by atoms with van der Waals surface area (Å²) >= 11 is 6.04. The minimum atomic E-state index is -0.709. The Morgan fingerprint density at radius 2 is 1.79 bits per heavy atom. The fourth-order valence-corrected chi connectivity index (χ4v) is 2.10. The number of benzene rings is 2. The van der Waals surface area contributed by atoms with Crippen LogP contribution in [-0.4, -0.2) is 18.6 Å². The van der Waals surface area contributed by atoms with Gasteiger partial charge in [0.15, 0.2) is 6.10 Å². The first kappa shape index (κ1) is 17.9. The van der Waals surface area contributed by atoms with Gasteiger partial charge in [0.2, 0.25) is 0 Å². The van der Waals surface area contributed by atoms with Crippen molar-refractivity contribution in [2.24, 2.45) is 0 Å². The first-order valence-electron chi connectivity index (χ1n) is 7.55. The molecule has 0 aromatic heterocycles. The molecule has 1 amide bonds. The van der Waals surface area contributed by atoms with Crippen molar-refractivity contribution in [3.63, 3.8) is 0 Å². The highest BCUT2D eigenvalue weighted by atomic mass is 35.5. The Balaban J connectivity index is 2.04. The predicted octanol–water partition coefficient (Wildman–Crippen LogP) is 4.70. The molecule has 2 rings (SSSR count). The standard InChI is InChI=1S/C19H20ClNO3/c1-13(2)12-23-18-11-7-5-9-16(18)21-19(22)14(3)24-17-10-6-4-8-15(17)20/h4-11,14H,1,12H2,2-3H3,(H,21,22). The molecule has 126 valence electrons. The number of para-hydroxylation sites is 3. The van der Waals surface area contributed by atoms with Crippen molar-refractivity contribution in [3.8, 4) is 11.5 Å². The molecule has 2 aromatic rings. The molecular formula is C19H20ClNO3. The van der Waals surface area contributed by atoms with E-state index in [0.29, 0.717) is 28.8 Å². The summed E-state index contributed by atoms with van der Waals surface area (Å²) in [6.45, 7) is 7.73. The van der Waals surface area contributed by atoms with E-state index in [1.807, 2.05) is 19.1 Å². The lowest BCUT2D eigenvalue weighted by atomic mass is 10.2. The summed E-state index contributed by atoms with van der Waals surface area (Å²) in [5.74, 6) is 0.758. The van der Waals surface area contributed by atoms with Crippen molar-refractivity contribution in [1.29, 1.82) is 0 Å². The van der Waals surface area contributed by atoms with Gasteiger partial charge in [0.05, 0.1) is 10.7 Å². The van der Waals surface area contributed by atoms with Gasteiger partial charge in [-0.1, -0.05) is 42.4 Å². The number of anilines is 1. The van der Waals surface area contributed by atoms with Crippen molar-refractivity contribution in [2.45, 2.75) is 20.0 Å². The van der Waals surface area contributed by atoms with Gasteiger partial charge >= 0.3 is 0 Å². The molecule has 0 saturated carbocycles. The summed E-state index contributed by atoms with van der Waals surface area (Å²) in [6, 6.07) is 14.3. The van der Waals surface area contributed by atoms with Crippen LogP contribution in [0, 0.1) is 0 Å². The van der Waals surface area contributed by atoms with Crippen molar-refractivity contribution < 1.29 is 14.3 Å². The SMILES string of the molecule is C=C(C)COc1ccccc1NC(=O)C(C)Oc1ccccc1Cl. The van der Waals surface area contributed by atoms with Gasteiger partial charge < -0.3 is 14.8 Å². The summed E-state index contributed by atoms with van der Waals surface area (Å²) in [6.07, 6.45) is -0.709. The Kier molecular flexibility index (Phi) is 6.27. The Hall–Kier alpha value is -2.46. The predicted molar refractivity (Wildman–Crippen MR) is 96.9 cm³/mol. The Labute approximate surface area is 147 Å². The second-order valence-corrected chi connectivity index (χ2v) is 5.83. The molecule has 0 radical (unpaired) electrons. The molecule has 24 heavy (non-hydrogen) atoms. The Bertz CT molecular complexity index is 730. The van der Waals surface area contributed by atoms with Crippen LogP contribution in [0.3, 0.4) is 0 Å². The molecule has 0 fully saturated rings. The molecule has 4 nitrogen and oxygen atoms in total. The lowest BCUT2D eigenvalue weighted by molar-refractivity contribution is -0.122. The van der Waals surface area contributed by atoms with E-state index in [2.05, 4.69) is 11.9 Å². The highest BCUT2D eigenvalue weighted by Gasteiger charge is 2.17. The van der Waals surface area contributed by atoms with Crippen molar-refractivity contribution in [2.75, 3.05) is 11.9 Å². The van der Waals surface area contributed by atoms with Crippen LogP contribution in [0.2, 0.25) is 5.02 Å². The van der Waals surface area contributed by atoms with E-state index >= 15 is 0 Å². The Morgan fingerprint density at radius 1 is 1.17 bits per heavy atom. The highest BCUT2D eigenvalue weighted by molar-refractivity contribution is 6.32. The van der Waals surface area contributed by atoms with E-state index in [9.17, 15) is 4.79 Å². The zero-order valence-electron chi connectivity index (χ0n) is 13.7. The average Bonchev–Trinajstić information content (AvgIpc) is 2.56. The third kappa shape index (κ3) is 5.03. The largest absolute Gasteiger partial charge is 0.487 e. The molecule has 0 aliphatic rings. The van der Waals surface area contributed by atoms with E-state index in [0.717, 1.165) is 5.57 Å². The van der Waals surface area contributed by atoms with E-state index in [4.69, 9.17) is 21.1 Å². The number of rotatable bonds is 7. The monoisotopic (exact) mass is 345 g/mol. The number of nitrogens with one attached hydrogen (secondary N) is 1. The smallest absolute Gasteiger partial charge is 0.265 e. The number of halogens is 1. The number of hydrogen-bond acceptors (Lipinski definition) is 3. The fourth-order valence-electron chi connectivity index (χ4n) is 1.92. The van der Waals surface area contributed by atoms with Gasteiger partial charge in [-0.2, -0.15) is 0 Å². The minimum Gasteiger partial charge on any atom is -0.487 e. The van der Waals surface area contributed by atoms with Gasteiger partial charge in [0, 0.05) is 0 Å². The third-order valence-electron chi connectivity index (χ3n) is 3.13. The average molecular weight is 346 g/mol. The second-order valence-electron chi connectivity index (χ2n) is 5.42. The van der Waals surface area contributed by atoms with Gasteiger partial charge in [-0.3, -0.25) is 4.79 Å². The van der Waals surface area contributed by atoms with E-state index < -0.39 is 6.10 Å². The van der Waals surface area contributed by atoms with Gasteiger partial charge in [-0.25, -0.2) is 0 Å². The molecule has 0 heterocycles. The minimum absolute atomic E-state index is 0.290. The lowest BCUT2D eigenvalue weighted by Gasteiger charge is -2.17. The zero-order chi connectivity index (χ0) is 17.5.